The summed E-state index contributed by atoms with van der Waals surface area (Å²) < 4.78 is 70.1. The molecule has 1 aromatic heterocycles. The van der Waals surface area contributed by atoms with Gasteiger partial charge in [-0.15, -0.1) is 0 Å². The molecule has 30 heavy (non-hydrogen) atoms. The molecule has 0 saturated heterocycles. The fraction of sp³-hybridized carbons (Fsp3) is 0.368. The van der Waals surface area contributed by atoms with Gasteiger partial charge in [-0.3, -0.25) is 4.79 Å². The molecule has 1 aliphatic carbocycles. The topological polar surface area (TPSA) is 97.4 Å². The highest BCUT2D eigenvalue weighted by Gasteiger charge is 2.31. The zero-order valence-electron chi connectivity index (χ0n) is 15.8. The Balaban J connectivity index is 1.47. The fourth-order valence-electron chi connectivity index (χ4n) is 2.44. The second-order valence-electron chi connectivity index (χ2n) is 6.89. The molecule has 0 spiro atoms. The molecule has 1 fully saturated rings. The van der Waals surface area contributed by atoms with Crippen molar-refractivity contribution < 1.29 is 31.1 Å². The minimum absolute atomic E-state index is 0.111. The number of aromatic nitrogens is 1. The first kappa shape index (κ1) is 22.0. The van der Waals surface area contributed by atoms with E-state index in [1.54, 1.807) is 12.1 Å². The number of amides is 1. The molecule has 1 saturated carbocycles. The summed E-state index contributed by atoms with van der Waals surface area (Å²) in [6, 6.07) is 6.69. The molecule has 7 nitrogen and oxygen atoms in total. The lowest BCUT2D eigenvalue weighted by atomic mass is 10.2. The molecule has 1 heterocycles. The van der Waals surface area contributed by atoms with E-state index in [0.717, 1.165) is 18.2 Å². The standard InChI is InChI=1S/C19H20F3N3O4S/c20-19(21,22)15-2-1-3-16(8-15)30(27,28)25-11-17(26)23-9-14-6-7-18(24-10-14)29-12-13-4-5-13/h1-3,6-8,10,13,25H,4-5,9,11-12H2,(H,23,26). The Morgan fingerprint density at radius 1 is 1.20 bits per heavy atom. The van der Waals surface area contributed by atoms with Crippen molar-refractivity contribution in [3.8, 4) is 5.88 Å². The summed E-state index contributed by atoms with van der Waals surface area (Å²) >= 11 is 0. The molecule has 2 N–H and O–H groups in total. The fourth-order valence-corrected chi connectivity index (χ4v) is 3.46. The third-order valence-electron chi connectivity index (χ3n) is 4.35. The van der Waals surface area contributed by atoms with E-state index in [1.165, 1.54) is 19.0 Å². The van der Waals surface area contributed by atoms with Gasteiger partial charge in [-0.05, 0) is 42.5 Å². The van der Waals surface area contributed by atoms with E-state index >= 15 is 0 Å². The van der Waals surface area contributed by atoms with Crippen molar-refractivity contribution in [3.05, 3.63) is 53.7 Å². The first-order valence-corrected chi connectivity index (χ1v) is 10.6. The van der Waals surface area contributed by atoms with Gasteiger partial charge in [0.15, 0.2) is 0 Å². The van der Waals surface area contributed by atoms with E-state index in [2.05, 4.69) is 10.3 Å². The average molecular weight is 443 g/mol. The molecule has 2 aromatic rings. The van der Waals surface area contributed by atoms with Crippen molar-refractivity contribution in [1.82, 2.24) is 15.0 Å². The number of pyridine rings is 1. The van der Waals surface area contributed by atoms with E-state index < -0.39 is 39.1 Å². The van der Waals surface area contributed by atoms with Gasteiger partial charge in [0.25, 0.3) is 0 Å². The van der Waals surface area contributed by atoms with Crippen LogP contribution in [0.15, 0.2) is 47.5 Å². The van der Waals surface area contributed by atoms with E-state index in [1.807, 2.05) is 4.72 Å². The summed E-state index contributed by atoms with van der Waals surface area (Å²) in [4.78, 5) is 15.5. The predicted octanol–water partition coefficient (Wildman–Crippen LogP) is 2.48. The Morgan fingerprint density at radius 2 is 1.97 bits per heavy atom. The number of carbonyl (C=O) groups is 1. The van der Waals surface area contributed by atoms with Gasteiger partial charge in [-0.2, -0.15) is 13.2 Å². The van der Waals surface area contributed by atoms with Crippen LogP contribution in [0.3, 0.4) is 0 Å². The Hall–Kier alpha value is -2.66. The molecule has 0 aliphatic heterocycles. The molecule has 0 bridgehead atoms. The third kappa shape index (κ3) is 6.42. The summed E-state index contributed by atoms with van der Waals surface area (Å²) in [6.07, 6.45) is -0.798. The highest BCUT2D eigenvalue weighted by Crippen LogP contribution is 2.30. The highest BCUT2D eigenvalue weighted by atomic mass is 32.2. The molecular formula is C19H20F3N3O4S. The number of nitrogens with one attached hydrogen (secondary N) is 2. The van der Waals surface area contributed by atoms with Gasteiger partial charge < -0.3 is 10.1 Å². The normalized spacial score (nSPS) is 14.4. The summed E-state index contributed by atoms with van der Waals surface area (Å²) in [6.45, 7) is 0.129. The maximum atomic E-state index is 12.7. The minimum Gasteiger partial charge on any atom is -0.477 e. The summed E-state index contributed by atoms with van der Waals surface area (Å²) in [5.41, 5.74) is -0.408. The number of rotatable bonds is 9. The number of alkyl halides is 3. The van der Waals surface area contributed by atoms with Crippen LogP contribution in [-0.4, -0.2) is 32.5 Å². The lowest BCUT2D eigenvalue weighted by molar-refractivity contribution is -0.137. The quantitative estimate of drug-likeness (QED) is 0.621. The molecule has 0 unspecified atom stereocenters. The first-order valence-electron chi connectivity index (χ1n) is 9.15. The van der Waals surface area contributed by atoms with E-state index in [-0.39, 0.29) is 6.54 Å². The van der Waals surface area contributed by atoms with Crippen LogP contribution < -0.4 is 14.8 Å². The van der Waals surface area contributed by atoms with Crippen molar-refractivity contribution in [3.63, 3.8) is 0 Å². The van der Waals surface area contributed by atoms with Crippen LogP contribution in [0, 0.1) is 5.92 Å². The number of benzene rings is 1. The number of sulfonamides is 1. The van der Waals surface area contributed by atoms with Crippen LogP contribution in [0.2, 0.25) is 0 Å². The average Bonchev–Trinajstić information content (AvgIpc) is 3.54. The summed E-state index contributed by atoms with van der Waals surface area (Å²) in [7, 11) is -4.27. The van der Waals surface area contributed by atoms with E-state index in [9.17, 15) is 26.4 Å². The van der Waals surface area contributed by atoms with Crippen molar-refractivity contribution >= 4 is 15.9 Å². The zero-order chi connectivity index (χ0) is 21.8. The van der Waals surface area contributed by atoms with Crippen LogP contribution in [0.1, 0.15) is 24.0 Å². The molecule has 11 heteroatoms. The van der Waals surface area contributed by atoms with Gasteiger partial charge in [0, 0.05) is 18.8 Å². The Bertz CT molecular complexity index is 991. The van der Waals surface area contributed by atoms with E-state index in [0.29, 0.717) is 30.0 Å². The first-order chi connectivity index (χ1) is 14.1. The molecule has 0 atom stereocenters. The molecule has 0 radical (unpaired) electrons. The van der Waals surface area contributed by atoms with E-state index in [4.69, 9.17) is 4.74 Å². The number of nitrogens with zero attached hydrogens (tertiary/aromatic N) is 1. The number of ether oxygens (including phenoxy) is 1. The second kappa shape index (κ2) is 9.00. The van der Waals surface area contributed by atoms with Crippen LogP contribution >= 0.6 is 0 Å². The number of carbonyl (C=O) groups excluding carboxylic acids is 1. The van der Waals surface area contributed by atoms with Gasteiger partial charge in [0.2, 0.25) is 21.8 Å². The maximum absolute atomic E-state index is 12.7. The number of hydrogen-bond acceptors (Lipinski definition) is 5. The van der Waals surface area contributed by atoms with Gasteiger partial charge in [0.1, 0.15) is 0 Å². The third-order valence-corrected chi connectivity index (χ3v) is 5.74. The Kier molecular flexibility index (Phi) is 6.61. The van der Waals surface area contributed by atoms with Crippen LogP contribution in [0.25, 0.3) is 0 Å². The molecule has 162 valence electrons. The van der Waals surface area contributed by atoms with Crippen LogP contribution in [-0.2, 0) is 27.5 Å². The van der Waals surface area contributed by atoms with Crippen molar-refractivity contribution in [2.24, 2.45) is 5.92 Å². The largest absolute Gasteiger partial charge is 0.477 e. The molecule has 3 rings (SSSR count). The lowest BCUT2D eigenvalue weighted by Crippen LogP contribution is -2.36. The van der Waals surface area contributed by atoms with Crippen LogP contribution in [0.5, 0.6) is 5.88 Å². The van der Waals surface area contributed by atoms with Gasteiger partial charge in [-0.1, -0.05) is 12.1 Å². The van der Waals surface area contributed by atoms with Gasteiger partial charge in [-0.25, -0.2) is 18.1 Å². The SMILES string of the molecule is O=C(CNS(=O)(=O)c1cccc(C(F)(F)F)c1)NCc1ccc(OCC2CC2)nc1. The highest BCUT2D eigenvalue weighted by molar-refractivity contribution is 7.89. The second-order valence-corrected chi connectivity index (χ2v) is 8.65. The Morgan fingerprint density at radius 3 is 2.60 bits per heavy atom. The zero-order valence-corrected chi connectivity index (χ0v) is 16.6. The number of hydrogen-bond donors (Lipinski definition) is 2. The molecule has 1 aromatic carbocycles. The predicted molar refractivity (Wildman–Crippen MR) is 101 cm³/mol. The summed E-state index contributed by atoms with van der Waals surface area (Å²) in [5, 5.41) is 2.51. The summed E-state index contributed by atoms with van der Waals surface area (Å²) in [5.74, 6) is 0.455. The van der Waals surface area contributed by atoms with Crippen LogP contribution in [0.4, 0.5) is 13.2 Å². The monoisotopic (exact) mass is 443 g/mol. The van der Waals surface area contributed by atoms with Gasteiger partial charge in [0.05, 0.1) is 23.6 Å². The smallest absolute Gasteiger partial charge is 0.416 e. The number of halogens is 3. The minimum atomic E-state index is -4.67. The van der Waals surface area contributed by atoms with Crippen molar-refractivity contribution in [2.45, 2.75) is 30.5 Å². The Labute approximate surface area is 171 Å². The van der Waals surface area contributed by atoms with Crippen molar-refractivity contribution in [2.75, 3.05) is 13.2 Å². The molecule has 1 amide bonds. The molecular weight excluding hydrogens is 423 g/mol. The van der Waals surface area contributed by atoms with Crippen molar-refractivity contribution in [1.29, 1.82) is 0 Å². The maximum Gasteiger partial charge on any atom is 0.416 e. The van der Waals surface area contributed by atoms with Gasteiger partial charge >= 0.3 is 6.18 Å². The lowest BCUT2D eigenvalue weighted by Gasteiger charge is -2.11. The molecule has 1 aliphatic rings.